The molecule has 0 aliphatic rings. The standard InChI is InChI=1S/C10H15NO2S/c1-3-13-10(12)7-11-8(2)9-5-4-6-14-9/h4-6,8,11H,3,7H2,1-2H3/t8-/m1/s1. The smallest absolute Gasteiger partial charge is 0.319 e. The van der Waals surface area contributed by atoms with Crippen molar-refractivity contribution in [2.24, 2.45) is 0 Å². The molecule has 0 aliphatic heterocycles. The molecule has 1 aromatic rings. The lowest BCUT2D eigenvalue weighted by Crippen LogP contribution is -2.26. The highest BCUT2D eigenvalue weighted by Crippen LogP contribution is 2.17. The minimum Gasteiger partial charge on any atom is -0.465 e. The van der Waals surface area contributed by atoms with Crippen LogP contribution in [0.3, 0.4) is 0 Å². The quantitative estimate of drug-likeness (QED) is 0.760. The highest BCUT2D eigenvalue weighted by atomic mass is 32.1. The molecule has 0 unspecified atom stereocenters. The van der Waals surface area contributed by atoms with Crippen molar-refractivity contribution in [1.82, 2.24) is 5.32 Å². The van der Waals surface area contributed by atoms with E-state index in [0.717, 1.165) is 0 Å². The fourth-order valence-corrected chi connectivity index (χ4v) is 1.85. The maximum absolute atomic E-state index is 11.0. The molecule has 0 saturated carbocycles. The Bertz CT molecular complexity index is 272. The molecule has 78 valence electrons. The molecule has 1 N–H and O–H groups in total. The molecule has 3 nitrogen and oxygen atoms in total. The van der Waals surface area contributed by atoms with E-state index in [1.807, 2.05) is 24.4 Å². The molecule has 14 heavy (non-hydrogen) atoms. The van der Waals surface area contributed by atoms with Crippen LogP contribution < -0.4 is 5.32 Å². The second-order valence-corrected chi connectivity index (χ2v) is 3.90. The van der Waals surface area contributed by atoms with E-state index in [1.165, 1.54) is 4.88 Å². The predicted molar refractivity (Wildman–Crippen MR) is 57.4 cm³/mol. The van der Waals surface area contributed by atoms with Crippen LogP contribution in [0.1, 0.15) is 24.8 Å². The zero-order valence-electron chi connectivity index (χ0n) is 8.45. The zero-order chi connectivity index (χ0) is 10.4. The number of thiophene rings is 1. The normalized spacial score (nSPS) is 12.4. The molecule has 0 spiro atoms. The van der Waals surface area contributed by atoms with Gasteiger partial charge in [0.25, 0.3) is 0 Å². The summed E-state index contributed by atoms with van der Waals surface area (Å²) in [5.74, 6) is -0.198. The van der Waals surface area contributed by atoms with Crippen LogP contribution in [-0.4, -0.2) is 19.1 Å². The van der Waals surface area contributed by atoms with E-state index in [9.17, 15) is 4.79 Å². The van der Waals surface area contributed by atoms with E-state index in [1.54, 1.807) is 18.3 Å². The van der Waals surface area contributed by atoms with Gasteiger partial charge in [0.1, 0.15) is 0 Å². The molecule has 0 radical (unpaired) electrons. The summed E-state index contributed by atoms with van der Waals surface area (Å²) in [6.07, 6.45) is 0. The number of carbonyl (C=O) groups excluding carboxylic acids is 1. The first-order valence-corrected chi connectivity index (χ1v) is 5.54. The van der Waals surface area contributed by atoms with Gasteiger partial charge in [-0.1, -0.05) is 6.07 Å². The van der Waals surface area contributed by atoms with Gasteiger partial charge in [-0.3, -0.25) is 10.1 Å². The van der Waals surface area contributed by atoms with Crippen LogP contribution in [-0.2, 0) is 9.53 Å². The van der Waals surface area contributed by atoms with Gasteiger partial charge in [0.15, 0.2) is 0 Å². The molecule has 0 aliphatic carbocycles. The summed E-state index contributed by atoms with van der Waals surface area (Å²) >= 11 is 1.68. The first kappa shape index (κ1) is 11.2. The number of ether oxygens (including phenoxy) is 1. The third-order valence-corrected chi connectivity index (χ3v) is 2.88. The summed E-state index contributed by atoms with van der Waals surface area (Å²) in [6, 6.07) is 4.26. The van der Waals surface area contributed by atoms with Crippen LogP contribution in [0.4, 0.5) is 0 Å². The van der Waals surface area contributed by atoms with Crippen molar-refractivity contribution >= 4 is 17.3 Å². The number of nitrogens with one attached hydrogen (secondary N) is 1. The van der Waals surface area contributed by atoms with Crippen LogP contribution in [0.5, 0.6) is 0 Å². The highest BCUT2D eigenvalue weighted by molar-refractivity contribution is 7.10. The second-order valence-electron chi connectivity index (χ2n) is 2.92. The van der Waals surface area contributed by atoms with Crippen molar-refractivity contribution in [2.75, 3.05) is 13.2 Å². The van der Waals surface area contributed by atoms with E-state index in [0.29, 0.717) is 6.61 Å². The van der Waals surface area contributed by atoms with Crippen molar-refractivity contribution in [2.45, 2.75) is 19.9 Å². The maximum atomic E-state index is 11.0. The van der Waals surface area contributed by atoms with E-state index < -0.39 is 0 Å². The number of hydrogen-bond donors (Lipinski definition) is 1. The minimum absolute atomic E-state index is 0.198. The topological polar surface area (TPSA) is 38.3 Å². The Morgan fingerprint density at radius 2 is 2.50 bits per heavy atom. The highest BCUT2D eigenvalue weighted by Gasteiger charge is 2.08. The summed E-state index contributed by atoms with van der Waals surface area (Å²) < 4.78 is 4.81. The molecule has 4 heteroatoms. The van der Waals surface area contributed by atoms with Gasteiger partial charge in [0, 0.05) is 10.9 Å². The summed E-state index contributed by atoms with van der Waals surface area (Å²) in [4.78, 5) is 12.3. The van der Waals surface area contributed by atoms with Gasteiger partial charge in [-0.05, 0) is 25.3 Å². The Morgan fingerprint density at radius 3 is 3.07 bits per heavy atom. The zero-order valence-corrected chi connectivity index (χ0v) is 9.26. The fourth-order valence-electron chi connectivity index (χ4n) is 1.09. The van der Waals surface area contributed by atoms with Crippen molar-refractivity contribution in [3.63, 3.8) is 0 Å². The SMILES string of the molecule is CCOC(=O)CN[C@H](C)c1cccs1. The molecular weight excluding hydrogens is 198 g/mol. The van der Waals surface area contributed by atoms with Crippen LogP contribution in [0.2, 0.25) is 0 Å². The molecule has 1 rings (SSSR count). The summed E-state index contributed by atoms with van der Waals surface area (Å²) in [5, 5.41) is 5.13. The van der Waals surface area contributed by atoms with Crippen molar-refractivity contribution in [3.05, 3.63) is 22.4 Å². The molecule has 0 aromatic carbocycles. The van der Waals surface area contributed by atoms with Crippen molar-refractivity contribution < 1.29 is 9.53 Å². The number of hydrogen-bond acceptors (Lipinski definition) is 4. The van der Waals surface area contributed by atoms with Gasteiger partial charge >= 0.3 is 5.97 Å². The molecule has 0 fully saturated rings. The van der Waals surface area contributed by atoms with E-state index in [-0.39, 0.29) is 18.6 Å². The molecule has 1 atom stereocenters. The Morgan fingerprint density at radius 1 is 1.71 bits per heavy atom. The van der Waals surface area contributed by atoms with Crippen LogP contribution in [0, 0.1) is 0 Å². The average Bonchev–Trinajstić information content (AvgIpc) is 2.67. The Labute approximate surface area is 88.1 Å². The van der Waals surface area contributed by atoms with E-state index in [4.69, 9.17) is 4.74 Å². The van der Waals surface area contributed by atoms with Gasteiger partial charge in [-0.15, -0.1) is 11.3 Å². The van der Waals surface area contributed by atoms with Crippen LogP contribution in [0.15, 0.2) is 17.5 Å². The second kappa shape index (κ2) is 5.78. The Hall–Kier alpha value is -0.870. The summed E-state index contributed by atoms with van der Waals surface area (Å²) in [6.45, 7) is 4.55. The predicted octanol–water partition coefficient (Wildman–Crippen LogP) is 1.96. The lowest BCUT2D eigenvalue weighted by molar-refractivity contribution is -0.142. The molecule has 0 amide bonds. The Balaban J connectivity index is 2.28. The largest absolute Gasteiger partial charge is 0.465 e. The van der Waals surface area contributed by atoms with Crippen molar-refractivity contribution in [1.29, 1.82) is 0 Å². The van der Waals surface area contributed by atoms with Crippen LogP contribution >= 0.6 is 11.3 Å². The first-order chi connectivity index (χ1) is 6.74. The van der Waals surface area contributed by atoms with Crippen LogP contribution in [0.25, 0.3) is 0 Å². The van der Waals surface area contributed by atoms with Gasteiger partial charge in [0.2, 0.25) is 0 Å². The first-order valence-electron chi connectivity index (χ1n) is 4.66. The molecule has 1 heterocycles. The third kappa shape index (κ3) is 3.47. The number of carbonyl (C=O) groups is 1. The minimum atomic E-state index is -0.198. The van der Waals surface area contributed by atoms with Crippen molar-refractivity contribution in [3.8, 4) is 0 Å². The average molecular weight is 213 g/mol. The van der Waals surface area contributed by atoms with E-state index >= 15 is 0 Å². The summed E-state index contributed by atoms with van der Waals surface area (Å²) in [7, 11) is 0. The Kier molecular flexibility index (Phi) is 4.62. The van der Waals surface area contributed by atoms with Gasteiger partial charge in [-0.25, -0.2) is 0 Å². The van der Waals surface area contributed by atoms with Gasteiger partial charge in [0.05, 0.1) is 13.2 Å². The number of esters is 1. The van der Waals surface area contributed by atoms with E-state index in [2.05, 4.69) is 5.32 Å². The molecule has 0 bridgehead atoms. The summed E-state index contributed by atoms with van der Waals surface area (Å²) in [5.41, 5.74) is 0. The lowest BCUT2D eigenvalue weighted by Gasteiger charge is -2.10. The number of rotatable bonds is 5. The van der Waals surface area contributed by atoms with Gasteiger partial charge < -0.3 is 4.74 Å². The monoisotopic (exact) mass is 213 g/mol. The fraction of sp³-hybridized carbons (Fsp3) is 0.500. The third-order valence-electron chi connectivity index (χ3n) is 1.83. The molecule has 1 aromatic heterocycles. The van der Waals surface area contributed by atoms with Gasteiger partial charge in [-0.2, -0.15) is 0 Å². The maximum Gasteiger partial charge on any atom is 0.319 e. The molecule has 0 saturated heterocycles. The molecular formula is C10H15NO2S. The lowest BCUT2D eigenvalue weighted by atomic mass is 10.3.